The van der Waals surface area contributed by atoms with E-state index in [0.29, 0.717) is 18.9 Å². The van der Waals surface area contributed by atoms with Crippen LogP contribution < -0.4 is 0 Å². The van der Waals surface area contributed by atoms with Crippen molar-refractivity contribution >= 4 is 0 Å². The highest BCUT2D eigenvalue weighted by atomic mass is 16.6. The molecule has 18 heavy (non-hydrogen) atoms. The lowest BCUT2D eigenvalue weighted by molar-refractivity contribution is -0.480. The Hall–Kier alpha value is -1.24. The van der Waals surface area contributed by atoms with Gasteiger partial charge in [0.25, 0.3) is 0 Å². The zero-order valence-electron chi connectivity index (χ0n) is 11.2. The smallest absolute Gasteiger partial charge is 0.203 e. The number of unbranched alkanes of at least 4 members (excludes halogenated alkanes) is 2. The molecule has 0 radical (unpaired) electrons. The van der Waals surface area contributed by atoms with Gasteiger partial charge in [-0.25, -0.2) is 0 Å². The molecule has 0 unspecified atom stereocenters. The van der Waals surface area contributed by atoms with Crippen molar-refractivity contribution in [3.63, 3.8) is 0 Å². The van der Waals surface area contributed by atoms with E-state index in [-0.39, 0.29) is 22.9 Å². The van der Waals surface area contributed by atoms with Crippen molar-refractivity contribution in [1.82, 2.24) is 4.90 Å². The first kappa shape index (κ1) is 16.8. The largest absolute Gasteiger partial charge is 0.301 e. The Balaban J connectivity index is 3.71. The van der Waals surface area contributed by atoms with Gasteiger partial charge in [0.2, 0.25) is 13.1 Å². The first-order chi connectivity index (χ1) is 8.43. The van der Waals surface area contributed by atoms with Gasteiger partial charge in [-0.1, -0.05) is 0 Å². The predicted octanol–water partition coefficient (Wildman–Crippen LogP) is 1.81. The molecule has 7 nitrogen and oxygen atoms in total. The van der Waals surface area contributed by atoms with Gasteiger partial charge in [0, 0.05) is 28.7 Å². The van der Waals surface area contributed by atoms with E-state index in [1.807, 2.05) is 0 Å². The van der Waals surface area contributed by atoms with Gasteiger partial charge < -0.3 is 4.90 Å². The molecule has 0 amide bonds. The minimum atomic E-state index is -0.295. The number of nitrogens with zero attached hydrogens (tertiary/aromatic N) is 3. The topological polar surface area (TPSA) is 89.5 Å². The van der Waals surface area contributed by atoms with Crippen molar-refractivity contribution in [2.75, 3.05) is 26.2 Å². The number of nitro groups is 2. The molecular weight excluding hydrogens is 238 g/mol. The first-order valence-electron chi connectivity index (χ1n) is 6.41. The van der Waals surface area contributed by atoms with Crippen LogP contribution in [0.4, 0.5) is 0 Å². The Labute approximate surface area is 107 Å². The van der Waals surface area contributed by atoms with E-state index in [9.17, 15) is 20.2 Å². The minimum absolute atomic E-state index is 0.0211. The molecule has 0 aliphatic rings. The lowest BCUT2D eigenvalue weighted by atomic mass is 10.2. The average molecular weight is 261 g/mol. The van der Waals surface area contributed by atoms with E-state index < -0.39 is 0 Å². The Kier molecular flexibility index (Phi) is 9.08. The molecule has 0 aliphatic heterocycles. The van der Waals surface area contributed by atoms with E-state index in [1.165, 1.54) is 0 Å². The third-order valence-electron chi connectivity index (χ3n) is 2.80. The first-order valence-corrected chi connectivity index (χ1v) is 6.41. The summed E-state index contributed by atoms with van der Waals surface area (Å²) in [5.74, 6) is 0. The lowest BCUT2D eigenvalue weighted by Crippen LogP contribution is -2.33. The van der Waals surface area contributed by atoms with Crippen LogP contribution in [0.3, 0.4) is 0 Å². The average Bonchev–Trinajstić information content (AvgIpc) is 2.25. The zero-order valence-corrected chi connectivity index (χ0v) is 11.2. The van der Waals surface area contributed by atoms with Gasteiger partial charge in [0.15, 0.2) is 0 Å². The van der Waals surface area contributed by atoms with Gasteiger partial charge >= 0.3 is 0 Å². The highest BCUT2D eigenvalue weighted by molar-refractivity contribution is 4.63. The van der Waals surface area contributed by atoms with Crippen LogP contribution in [0, 0.1) is 20.2 Å². The fourth-order valence-corrected chi connectivity index (χ4v) is 1.74. The van der Waals surface area contributed by atoms with Crippen molar-refractivity contribution < 1.29 is 9.85 Å². The van der Waals surface area contributed by atoms with E-state index >= 15 is 0 Å². The highest BCUT2D eigenvalue weighted by Gasteiger charge is 2.10. The summed E-state index contributed by atoms with van der Waals surface area (Å²) in [6.07, 6.45) is 2.78. The SMILES string of the molecule is CC(C)N(CCCC[N+](=O)[O-])CCCC[N+](=O)[O-]. The molecule has 0 aliphatic carbocycles. The zero-order chi connectivity index (χ0) is 14.0. The molecule has 0 rings (SSSR count). The van der Waals surface area contributed by atoms with E-state index in [2.05, 4.69) is 18.7 Å². The molecular formula is C11H23N3O4. The van der Waals surface area contributed by atoms with Crippen LogP contribution in [0.2, 0.25) is 0 Å². The molecule has 0 saturated carbocycles. The van der Waals surface area contributed by atoms with Gasteiger partial charge in [-0.3, -0.25) is 20.2 Å². The monoisotopic (exact) mass is 261 g/mol. The normalized spacial score (nSPS) is 11.1. The summed E-state index contributed by atoms with van der Waals surface area (Å²) in [7, 11) is 0. The van der Waals surface area contributed by atoms with Gasteiger partial charge in [0.1, 0.15) is 0 Å². The minimum Gasteiger partial charge on any atom is -0.301 e. The fourth-order valence-electron chi connectivity index (χ4n) is 1.74. The summed E-state index contributed by atoms with van der Waals surface area (Å²) in [4.78, 5) is 22.0. The summed E-state index contributed by atoms with van der Waals surface area (Å²) in [5.41, 5.74) is 0. The van der Waals surface area contributed by atoms with E-state index in [1.54, 1.807) is 0 Å². The van der Waals surface area contributed by atoms with Crippen LogP contribution in [0.1, 0.15) is 39.5 Å². The van der Waals surface area contributed by atoms with Crippen LogP contribution in [-0.2, 0) is 0 Å². The molecule has 0 atom stereocenters. The second-order valence-corrected chi connectivity index (χ2v) is 4.66. The van der Waals surface area contributed by atoms with Crippen LogP contribution in [0.5, 0.6) is 0 Å². The van der Waals surface area contributed by atoms with Crippen LogP contribution >= 0.6 is 0 Å². The molecule has 0 aromatic rings. The van der Waals surface area contributed by atoms with Crippen LogP contribution in [-0.4, -0.2) is 47.0 Å². The summed E-state index contributed by atoms with van der Waals surface area (Å²) in [5, 5.41) is 20.4. The van der Waals surface area contributed by atoms with Gasteiger partial charge in [-0.05, 0) is 39.8 Å². The van der Waals surface area contributed by atoms with Crippen LogP contribution in [0.25, 0.3) is 0 Å². The molecule has 0 fully saturated rings. The molecule has 0 aromatic heterocycles. The van der Waals surface area contributed by atoms with Crippen molar-refractivity contribution in [1.29, 1.82) is 0 Å². The number of hydrogen-bond donors (Lipinski definition) is 0. The number of hydrogen-bond acceptors (Lipinski definition) is 5. The molecule has 0 saturated heterocycles. The van der Waals surface area contributed by atoms with Crippen molar-refractivity contribution in [3.05, 3.63) is 20.2 Å². The molecule has 0 heterocycles. The molecule has 106 valence electrons. The second kappa shape index (κ2) is 9.76. The van der Waals surface area contributed by atoms with E-state index in [4.69, 9.17) is 0 Å². The van der Waals surface area contributed by atoms with Crippen LogP contribution in [0.15, 0.2) is 0 Å². The maximum absolute atomic E-state index is 10.2. The molecule has 0 spiro atoms. The summed E-state index contributed by atoms with van der Waals surface area (Å²) in [6.45, 7) is 5.83. The molecule has 0 N–H and O–H groups in total. The second-order valence-electron chi connectivity index (χ2n) is 4.66. The molecule has 7 heteroatoms. The Morgan fingerprint density at radius 3 is 1.56 bits per heavy atom. The van der Waals surface area contributed by atoms with Gasteiger partial charge in [-0.2, -0.15) is 0 Å². The third kappa shape index (κ3) is 9.95. The maximum Gasteiger partial charge on any atom is 0.203 e. The Morgan fingerprint density at radius 2 is 1.28 bits per heavy atom. The lowest BCUT2D eigenvalue weighted by Gasteiger charge is -2.25. The summed E-state index contributed by atoms with van der Waals surface area (Å²) >= 11 is 0. The quantitative estimate of drug-likeness (QED) is 0.321. The van der Waals surface area contributed by atoms with Crippen molar-refractivity contribution in [2.24, 2.45) is 0 Å². The summed E-state index contributed by atoms with van der Waals surface area (Å²) in [6, 6.07) is 0.371. The Bertz CT molecular complexity index is 237. The Morgan fingerprint density at radius 1 is 0.889 bits per heavy atom. The fraction of sp³-hybridized carbons (Fsp3) is 1.00. The van der Waals surface area contributed by atoms with Gasteiger partial charge in [0.05, 0.1) is 0 Å². The molecule has 0 bridgehead atoms. The van der Waals surface area contributed by atoms with Gasteiger partial charge in [-0.15, -0.1) is 0 Å². The van der Waals surface area contributed by atoms with Crippen molar-refractivity contribution in [2.45, 2.75) is 45.6 Å². The van der Waals surface area contributed by atoms with Crippen molar-refractivity contribution in [3.8, 4) is 0 Å². The van der Waals surface area contributed by atoms with E-state index in [0.717, 1.165) is 25.9 Å². The molecule has 0 aromatic carbocycles. The highest BCUT2D eigenvalue weighted by Crippen LogP contribution is 2.04. The third-order valence-corrected chi connectivity index (χ3v) is 2.80. The number of rotatable bonds is 11. The summed E-state index contributed by atoms with van der Waals surface area (Å²) < 4.78 is 0. The predicted molar refractivity (Wildman–Crippen MR) is 68.9 cm³/mol. The standard InChI is InChI=1S/C11H23N3O4/c1-11(2)12(7-3-5-9-13(15)16)8-4-6-10-14(17)18/h11H,3-10H2,1-2H3. The maximum atomic E-state index is 10.2.